The fourth-order valence-electron chi connectivity index (χ4n) is 2.31. The molecule has 0 aliphatic carbocycles. The first kappa shape index (κ1) is 15.9. The van der Waals surface area contributed by atoms with E-state index in [2.05, 4.69) is 5.32 Å². The highest BCUT2D eigenvalue weighted by molar-refractivity contribution is 6.31. The molecule has 8 heteroatoms. The summed E-state index contributed by atoms with van der Waals surface area (Å²) < 4.78 is 38.2. The van der Waals surface area contributed by atoms with Crippen molar-refractivity contribution >= 4 is 23.3 Å². The van der Waals surface area contributed by atoms with Crippen LogP contribution in [0.1, 0.15) is 18.4 Å². The lowest BCUT2D eigenvalue weighted by molar-refractivity contribution is -0.137. The number of hydrogen-bond donors (Lipinski definition) is 2. The van der Waals surface area contributed by atoms with Crippen molar-refractivity contribution < 1.29 is 23.1 Å². The van der Waals surface area contributed by atoms with Gasteiger partial charge in [0.15, 0.2) is 0 Å². The van der Waals surface area contributed by atoms with Gasteiger partial charge in [0, 0.05) is 12.2 Å². The number of halogens is 4. The van der Waals surface area contributed by atoms with E-state index in [0.717, 1.165) is 18.6 Å². The molecule has 1 saturated heterocycles. The molecule has 1 heterocycles. The molecule has 21 heavy (non-hydrogen) atoms. The van der Waals surface area contributed by atoms with Crippen molar-refractivity contribution in [1.82, 2.24) is 4.90 Å². The Morgan fingerprint density at radius 2 is 2.19 bits per heavy atom. The van der Waals surface area contributed by atoms with E-state index >= 15 is 0 Å². The summed E-state index contributed by atoms with van der Waals surface area (Å²) in [5.74, 6) is 0. The number of benzene rings is 1. The number of carbonyl (C=O) groups excluding carboxylic acids is 1. The van der Waals surface area contributed by atoms with Crippen molar-refractivity contribution in [3.63, 3.8) is 0 Å². The van der Waals surface area contributed by atoms with E-state index in [1.54, 1.807) is 0 Å². The predicted octanol–water partition coefficient (Wildman–Crippen LogP) is 3.35. The zero-order chi connectivity index (χ0) is 15.6. The van der Waals surface area contributed by atoms with Crippen LogP contribution in [0.3, 0.4) is 0 Å². The third-order valence-corrected chi connectivity index (χ3v) is 3.70. The van der Waals surface area contributed by atoms with Gasteiger partial charge in [0.05, 0.1) is 23.2 Å². The molecular formula is C13H14ClF3N2O2. The van der Waals surface area contributed by atoms with Crippen molar-refractivity contribution in [3.8, 4) is 0 Å². The van der Waals surface area contributed by atoms with Gasteiger partial charge in [0.1, 0.15) is 0 Å². The summed E-state index contributed by atoms with van der Waals surface area (Å²) in [4.78, 5) is 13.4. The van der Waals surface area contributed by atoms with Gasteiger partial charge in [-0.25, -0.2) is 4.79 Å². The smallest absolute Gasteiger partial charge is 0.394 e. The first-order valence-corrected chi connectivity index (χ1v) is 6.76. The van der Waals surface area contributed by atoms with Crippen LogP contribution >= 0.6 is 11.6 Å². The topological polar surface area (TPSA) is 52.6 Å². The third kappa shape index (κ3) is 3.59. The molecule has 1 fully saturated rings. The monoisotopic (exact) mass is 322 g/mol. The van der Waals surface area contributed by atoms with Gasteiger partial charge < -0.3 is 15.3 Å². The number of likely N-dealkylation sites (tertiary alicyclic amines) is 1. The number of aliphatic hydroxyl groups is 1. The lowest BCUT2D eigenvalue weighted by Crippen LogP contribution is -2.40. The fraction of sp³-hybridized carbons (Fsp3) is 0.462. The van der Waals surface area contributed by atoms with Crippen LogP contribution < -0.4 is 5.32 Å². The van der Waals surface area contributed by atoms with E-state index in [4.69, 9.17) is 16.7 Å². The Kier molecular flexibility index (Phi) is 4.63. The minimum absolute atomic E-state index is 0.0142. The molecule has 1 aromatic carbocycles. The van der Waals surface area contributed by atoms with Crippen LogP contribution in [0.4, 0.5) is 23.7 Å². The van der Waals surface area contributed by atoms with E-state index in [1.165, 1.54) is 11.0 Å². The first-order chi connectivity index (χ1) is 9.82. The van der Waals surface area contributed by atoms with Gasteiger partial charge in [-0.3, -0.25) is 0 Å². The standard InChI is InChI=1S/C13H14ClF3N2O2/c14-11-4-3-8(6-10(11)13(15,16)17)18-12(21)19-5-1-2-9(19)7-20/h3-4,6,9,20H,1-2,5,7H2,(H,18,21)/t9-/m1/s1. The zero-order valence-electron chi connectivity index (χ0n) is 11.0. The van der Waals surface area contributed by atoms with Gasteiger partial charge in [-0.15, -0.1) is 0 Å². The van der Waals surface area contributed by atoms with Crippen LogP contribution in [0, 0.1) is 0 Å². The van der Waals surface area contributed by atoms with Gasteiger partial charge in [-0.2, -0.15) is 13.2 Å². The normalized spacial score (nSPS) is 18.9. The molecular weight excluding hydrogens is 309 g/mol. The highest BCUT2D eigenvalue weighted by atomic mass is 35.5. The van der Waals surface area contributed by atoms with Gasteiger partial charge in [-0.05, 0) is 31.0 Å². The highest BCUT2D eigenvalue weighted by Gasteiger charge is 2.34. The maximum absolute atomic E-state index is 12.7. The molecule has 2 N–H and O–H groups in total. The largest absolute Gasteiger partial charge is 0.417 e. The summed E-state index contributed by atoms with van der Waals surface area (Å²) in [6, 6.07) is 2.37. The molecule has 116 valence electrons. The van der Waals surface area contributed by atoms with Crippen LogP contribution in [0.2, 0.25) is 5.02 Å². The maximum atomic E-state index is 12.7. The Balaban J connectivity index is 2.15. The van der Waals surface area contributed by atoms with Crippen LogP contribution in [-0.2, 0) is 6.18 Å². The molecule has 0 unspecified atom stereocenters. The Bertz CT molecular complexity index is 537. The van der Waals surface area contributed by atoms with Gasteiger partial charge >= 0.3 is 12.2 Å². The molecule has 1 aliphatic rings. The SMILES string of the molecule is O=C(Nc1ccc(Cl)c(C(F)(F)F)c1)N1CCC[C@@H]1CO. The predicted molar refractivity (Wildman–Crippen MR) is 72.3 cm³/mol. The molecule has 4 nitrogen and oxygen atoms in total. The lowest BCUT2D eigenvalue weighted by atomic mass is 10.2. The molecule has 0 spiro atoms. The molecule has 0 saturated carbocycles. The zero-order valence-corrected chi connectivity index (χ0v) is 11.7. The number of aliphatic hydroxyl groups excluding tert-OH is 1. The highest BCUT2D eigenvalue weighted by Crippen LogP contribution is 2.36. The molecule has 1 aliphatic heterocycles. The molecule has 1 atom stereocenters. The molecule has 1 aromatic rings. The number of anilines is 1. The number of carbonyl (C=O) groups is 1. The average molecular weight is 323 g/mol. The molecule has 2 amide bonds. The van der Waals surface area contributed by atoms with E-state index in [0.29, 0.717) is 13.0 Å². The van der Waals surface area contributed by atoms with Crippen LogP contribution in [0.25, 0.3) is 0 Å². The van der Waals surface area contributed by atoms with E-state index in [1.807, 2.05) is 0 Å². The van der Waals surface area contributed by atoms with E-state index in [-0.39, 0.29) is 18.3 Å². The number of urea groups is 1. The van der Waals surface area contributed by atoms with Gasteiger partial charge in [0.2, 0.25) is 0 Å². The number of hydrogen-bond acceptors (Lipinski definition) is 2. The number of nitrogens with one attached hydrogen (secondary N) is 1. The van der Waals surface area contributed by atoms with Crippen molar-refractivity contribution in [3.05, 3.63) is 28.8 Å². The summed E-state index contributed by atoms with van der Waals surface area (Å²) >= 11 is 5.51. The summed E-state index contributed by atoms with van der Waals surface area (Å²) in [6.07, 6.45) is -3.15. The molecule has 0 radical (unpaired) electrons. The number of amides is 2. The van der Waals surface area contributed by atoms with Crippen molar-refractivity contribution in [2.24, 2.45) is 0 Å². The maximum Gasteiger partial charge on any atom is 0.417 e. The molecule has 2 rings (SSSR count). The third-order valence-electron chi connectivity index (χ3n) is 3.37. The van der Waals surface area contributed by atoms with Gasteiger partial charge in [-0.1, -0.05) is 11.6 Å². The Morgan fingerprint density at radius 3 is 2.81 bits per heavy atom. The average Bonchev–Trinajstić information content (AvgIpc) is 2.88. The minimum Gasteiger partial charge on any atom is -0.394 e. The van der Waals surface area contributed by atoms with Crippen molar-refractivity contribution in [1.29, 1.82) is 0 Å². The Hall–Kier alpha value is -1.47. The first-order valence-electron chi connectivity index (χ1n) is 6.38. The van der Waals surface area contributed by atoms with Crippen LogP contribution in [0.15, 0.2) is 18.2 Å². The number of alkyl halides is 3. The molecule has 0 aromatic heterocycles. The lowest BCUT2D eigenvalue weighted by Gasteiger charge is -2.23. The summed E-state index contributed by atoms with van der Waals surface area (Å²) in [5.41, 5.74) is -0.984. The Morgan fingerprint density at radius 1 is 1.48 bits per heavy atom. The minimum atomic E-state index is -4.58. The summed E-state index contributed by atoms with van der Waals surface area (Å²) in [5, 5.41) is 11.1. The molecule has 0 bridgehead atoms. The van der Waals surface area contributed by atoms with Crippen LogP contribution in [-0.4, -0.2) is 35.2 Å². The van der Waals surface area contributed by atoms with Crippen LogP contribution in [0.5, 0.6) is 0 Å². The van der Waals surface area contributed by atoms with Crippen molar-refractivity contribution in [2.75, 3.05) is 18.5 Å². The van der Waals surface area contributed by atoms with Gasteiger partial charge in [0.25, 0.3) is 0 Å². The summed E-state index contributed by atoms with van der Waals surface area (Å²) in [7, 11) is 0. The second-order valence-electron chi connectivity index (χ2n) is 4.79. The number of nitrogens with zero attached hydrogens (tertiary/aromatic N) is 1. The number of rotatable bonds is 2. The summed E-state index contributed by atoms with van der Waals surface area (Å²) in [6.45, 7) is 0.304. The van der Waals surface area contributed by atoms with Crippen molar-refractivity contribution in [2.45, 2.75) is 25.1 Å². The van der Waals surface area contributed by atoms with E-state index in [9.17, 15) is 18.0 Å². The van der Waals surface area contributed by atoms with E-state index < -0.39 is 22.8 Å². The second-order valence-corrected chi connectivity index (χ2v) is 5.20. The second kappa shape index (κ2) is 6.11. The quantitative estimate of drug-likeness (QED) is 0.877. The fourth-order valence-corrected chi connectivity index (χ4v) is 2.53. The Labute approximate surface area is 124 Å².